The van der Waals surface area contributed by atoms with Gasteiger partial charge in [0.1, 0.15) is 0 Å². The van der Waals surface area contributed by atoms with E-state index in [9.17, 15) is 5.11 Å². The maximum atomic E-state index is 9.96. The van der Waals surface area contributed by atoms with E-state index in [1.165, 1.54) is 0 Å². The number of hydrogen-bond acceptors (Lipinski definition) is 3. The quantitative estimate of drug-likeness (QED) is 0.781. The Balaban J connectivity index is 2.01. The predicted octanol–water partition coefficient (Wildman–Crippen LogP) is 1.61. The Morgan fingerprint density at radius 1 is 1.57 bits per heavy atom. The van der Waals surface area contributed by atoms with Crippen LogP contribution in [0, 0.1) is 5.92 Å². The molecule has 0 amide bonds. The number of aliphatic hydroxyl groups excluding tert-OH is 1. The Kier molecular flexibility index (Phi) is 2.37. The van der Waals surface area contributed by atoms with Gasteiger partial charge >= 0.3 is 0 Å². The van der Waals surface area contributed by atoms with Crippen molar-refractivity contribution in [3.8, 4) is 0 Å². The van der Waals surface area contributed by atoms with E-state index in [0.717, 1.165) is 12.0 Å². The van der Waals surface area contributed by atoms with E-state index in [0.29, 0.717) is 6.61 Å². The van der Waals surface area contributed by atoms with Crippen molar-refractivity contribution in [2.75, 3.05) is 6.61 Å². The minimum absolute atomic E-state index is 0.183. The molecule has 0 radical (unpaired) electrons. The molecule has 3 heteroatoms. The lowest BCUT2D eigenvalue weighted by molar-refractivity contribution is -0.0311. The number of rotatable bonds is 2. The van der Waals surface area contributed by atoms with Gasteiger partial charge in [0.25, 0.3) is 0 Å². The molecule has 0 aromatic carbocycles. The predicted molar refractivity (Wildman–Crippen MR) is 51.9 cm³/mol. The molecule has 3 nitrogen and oxygen atoms in total. The summed E-state index contributed by atoms with van der Waals surface area (Å²) in [5.41, 5.74) is 0.712. The smallest absolute Gasteiger partial charge is 0.0934 e. The molecule has 1 aromatic rings. The molecular formula is C11H16O3. The first kappa shape index (κ1) is 9.74. The van der Waals surface area contributed by atoms with E-state index in [2.05, 4.69) is 0 Å². The summed E-state index contributed by atoms with van der Waals surface area (Å²) in [4.78, 5) is 0. The van der Waals surface area contributed by atoms with Gasteiger partial charge in [0.2, 0.25) is 0 Å². The number of ether oxygens (including phenoxy) is 1. The molecule has 1 aliphatic rings. The van der Waals surface area contributed by atoms with Crippen molar-refractivity contribution in [1.29, 1.82) is 0 Å². The summed E-state index contributed by atoms with van der Waals surface area (Å²) in [6.45, 7) is 4.47. The van der Waals surface area contributed by atoms with Crippen molar-refractivity contribution >= 4 is 0 Å². The summed E-state index contributed by atoms with van der Waals surface area (Å²) < 4.78 is 10.5. The van der Waals surface area contributed by atoms with Gasteiger partial charge in [-0.25, -0.2) is 0 Å². The molecule has 1 N–H and O–H groups in total. The number of furan rings is 1. The summed E-state index contributed by atoms with van der Waals surface area (Å²) in [5, 5.41) is 9.96. The Morgan fingerprint density at radius 2 is 2.36 bits per heavy atom. The molecule has 0 saturated carbocycles. The summed E-state index contributed by atoms with van der Waals surface area (Å²) >= 11 is 0. The van der Waals surface area contributed by atoms with Crippen LogP contribution in [0.5, 0.6) is 0 Å². The van der Waals surface area contributed by atoms with Crippen LogP contribution in [0.3, 0.4) is 0 Å². The third kappa shape index (κ3) is 1.70. The fraction of sp³-hybridized carbons (Fsp3) is 0.636. The summed E-state index contributed by atoms with van der Waals surface area (Å²) in [6.07, 6.45) is 3.80. The van der Waals surface area contributed by atoms with Crippen LogP contribution in [0.4, 0.5) is 0 Å². The Bertz CT molecular complexity index is 289. The summed E-state index contributed by atoms with van der Waals surface area (Å²) in [6, 6.07) is 1.93. The molecule has 2 unspecified atom stereocenters. The fourth-order valence-electron chi connectivity index (χ4n) is 1.95. The Labute approximate surface area is 83.7 Å². The third-order valence-corrected chi connectivity index (χ3v) is 2.91. The van der Waals surface area contributed by atoms with Crippen LogP contribution in [-0.2, 0) is 11.2 Å². The topological polar surface area (TPSA) is 42.6 Å². The van der Waals surface area contributed by atoms with Crippen LogP contribution in [0.1, 0.15) is 19.4 Å². The molecule has 14 heavy (non-hydrogen) atoms. The second-order valence-corrected chi connectivity index (χ2v) is 4.46. The SMILES string of the molecule is CC1(C)OCC(Cc2ccoc2)C1O. The third-order valence-electron chi connectivity index (χ3n) is 2.91. The lowest BCUT2D eigenvalue weighted by Crippen LogP contribution is -2.35. The highest BCUT2D eigenvalue weighted by molar-refractivity contribution is 5.08. The molecule has 1 aliphatic heterocycles. The Morgan fingerprint density at radius 3 is 2.86 bits per heavy atom. The van der Waals surface area contributed by atoms with Gasteiger partial charge < -0.3 is 14.3 Å². The van der Waals surface area contributed by atoms with Crippen LogP contribution in [-0.4, -0.2) is 23.4 Å². The van der Waals surface area contributed by atoms with E-state index in [4.69, 9.17) is 9.15 Å². The zero-order valence-electron chi connectivity index (χ0n) is 8.56. The van der Waals surface area contributed by atoms with Crippen molar-refractivity contribution in [3.05, 3.63) is 24.2 Å². The molecular weight excluding hydrogens is 180 g/mol. The normalized spacial score (nSPS) is 30.8. The van der Waals surface area contributed by atoms with Crippen LogP contribution in [0.2, 0.25) is 0 Å². The van der Waals surface area contributed by atoms with Gasteiger partial charge in [0, 0.05) is 5.92 Å². The van der Waals surface area contributed by atoms with Crippen molar-refractivity contribution in [2.24, 2.45) is 5.92 Å². The molecule has 0 aliphatic carbocycles. The van der Waals surface area contributed by atoms with Crippen molar-refractivity contribution < 1.29 is 14.3 Å². The van der Waals surface area contributed by atoms with Gasteiger partial charge in [-0.3, -0.25) is 0 Å². The van der Waals surface area contributed by atoms with Crippen molar-refractivity contribution in [3.63, 3.8) is 0 Å². The molecule has 1 saturated heterocycles. The monoisotopic (exact) mass is 196 g/mol. The molecule has 2 heterocycles. The second kappa shape index (κ2) is 3.41. The van der Waals surface area contributed by atoms with Crippen molar-refractivity contribution in [1.82, 2.24) is 0 Å². The number of aliphatic hydroxyl groups is 1. The van der Waals surface area contributed by atoms with Crippen LogP contribution >= 0.6 is 0 Å². The molecule has 0 bridgehead atoms. The summed E-state index contributed by atoms with van der Waals surface area (Å²) in [7, 11) is 0. The van der Waals surface area contributed by atoms with Gasteiger partial charge in [0.15, 0.2) is 0 Å². The highest BCUT2D eigenvalue weighted by atomic mass is 16.5. The zero-order chi connectivity index (χ0) is 10.2. The van der Waals surface area contributed by atoms with Gasteiger partial charge in [0.05, 0.1) is 30.8 Å². The molecule has 1 aromatic heterocycles. The molecule has 78 valence electrons. The summed E-state index contributed by atoms with van der Waals surface area (Å²) in [5.74, 6) is 0.183. The largest absolute Gasteiger partial charge is 0.472 e. The standard InChI is InChI=1S/C11H16O3/c1-11(2)10(12)9(7-14-11)5-8-3-4-13-6-8/h3-4,6,9-10,12H,5,7H2,1-2H3. The first-order valence-corrected chi connectivity index (χ1v) is 4.93. The minimum atomic E-state index is -0.408. The van der Waals surface area contributed by atoms with Crippen LogP contribution in [0.15, 0.2) is 23.0 Å². The van der Waals surface area contributed by atoms with Gasteiger partial charge in [-0.05, 0) is 31.9 Å². The first-order chi connectivity index (χ1) is 6.59. The van der Waals surface area contributed by atoms with Gasteiger partial charge in [-0.15, -0.1) is 0 Å². The average Bonchev–Trinajstić information content (AvgIpc) is 2.70. The van der Waals surface area contributed by atoms with Gasteiger partial charge in [-0.1, -0.05) is 0 Å². The molecule has 2 atom stereocenters. The molecule has 2 rings (SSSR count). The number of hydrogen-bond donors (Lipinski definition) is 1. The van der Waals surface area contributed by atoms with Gasteiger partial charge in [-0.2, -0.15) is 0 Å². The van der Waals surface area contributed by atoms with E-state index < -0.39 is 11.7 Å². The maximum Gasteiger partial charge on any atom is 0.0934 e. The zero-order valence-corrected chi connectivity index (χ0v) is 8.56. The lowest BCUT2D eigenvalue weighted by atomic mass is 9.90. The van der Waals surface area contributed by atoms with Crippen LogP contribution in [0.25, 0.3) is 0 Å². The second-order valence-electron chi connectivity index (χ2n) is 4.46. The maximum absolute atomic E-state index is 9.96. The first-order valence-electron chi connectivity index (χ1n) is 4.93. The lowest BCUT2D eigenvalue weighted by Gasteiger charge is -2.23. The van der Waals surface area contributed by atoms with E-state index in [-0.39, 0.29) is 5.92 Å². The fourth-order valence-corrected chi connectivity index (χ4v) is 1.95. The van der Waals surface area contributed by atoms with Crippen molar-refractivity contribution in [2.45, 2.75) is 32.0 Å². The molecule has 1 fully saturated rings. The van der Waals surface area contributed by atoms with E-state index in [1.54, 1.807) is 12.5 Å². The van der Waals surface area contributed by atoms with Crippen LogP contribution < -0.4 is 0 Å². The minimum Gasteiger partial charge on any atom is -0.472 e. The van der Waals surface area contributed by atoms with E-state index >= 15 is 0 Å². The molecule has 0 spiro atoms. The Hall–Kier alpha value is -0.800. The highest BCUT2D eigenvalue weighted by Crippen LogP contribution is 2.31. The highest BCUT2D eigenvalue weighted by Gasteiger charge is 2.41. The average molecular weight is 196 g/mol. The van der Waals surface area contributed by atoms with E-state index in [1.807, 2.05) is 19.9 Å².